The molecule has 0 unspecified atom stereocenters. The third kappa shape index (κ3) is 2.93. The smallest absolute Gasteiger partial charge is 0.260 e. The van der Waals surface area contributed by atoms with Crippen LogP contribution in [0.2, 0.25) is 0 Å². The molecule has 1 N–H and O–H groups in total. The maximum atomic E-state index is 8.84. The Hall–Kier alpha value is -2.65. The van der Waals surface area contributed by atoms with Crippen molar-refractivity contribution in [3.63, 3.8) is 0 Å². The van der Waals surface area contributed by atoms with E-state index in [4.69, 9.17) is 9.78 Å². The van der Waals surface area contributed by atoms with Crippen molar-refractivity contribution < 1.29 is 4.52 Å². The first-order chi connectivity index (χ1) is 10.3. The summed E-state index contributed by atoms with van der Waals surface area (Å²) in [5, 5.41) is 16.0. The summed E-state index contributed by atoms with van der Waals surface area (Å²) in [5.74, 6) is 1.11. The highest BCUT2D eigenvalue weighted by Gasteiger charge is 2.11. The highest BCUT2D eigenvalue weighted by Crippen LogP contribution is 2.27. The molecule has 21 heavy (non-hydrogen) atoms. The van der Waals surface area contributed by atoms with Gasteiger partial charge in [0.05, 0.1) is 5.56 Å². The summed E-state index contributed by atoms with van der Waals surface area (Å²) in [7, 11) is 0. The second-order valence-electron chi connectivity index (χ2n) is 4.42. The van der Waals surface area contributed by atoms with Crippen LogP contribution in [-0.4, -0.2) is 10.1 Å². The van der Waals surface area contributed by atoms with Crippen molar-refractivity contribution in [2.24, 2.45) is 0 Å². The number of anilines is 1. The summed E-state index contributed by atoms with van der Waals surface area (Å²) < 4.78 is 5.22. The molecule has 0 spiro atoms. The van der Waals surface area contributed by atoms with Crippen molar-refractivity contribution in [2.75, 3.05) is 5.32 Å². The maximum Gasteiger partial charge on any atom is 0.260 e. The Labute approximate surface area is 125 Å². The Balaban J connectivity index is 1.81. The molecule has 0 atom stereocenters. The monoisotopic (exact) mass is 296 g/mol. The molecule has 0 fully saturated rings. The molecule has 3 aromatic rings. The maximum absolute atomic E-state index is 8.84. The number of nitrogens with zero attached hydrogens (tertiary/aromatic N) is 3. The van der Waals surface area contributed by atoms with Crippen LogP contribution < -0.4 is 5.32 Å². The van der Waals surface area contributed by atoms with Crippen LogP contribution in [0, 0.1) is 18.3 Å². The number of thiophene rings is 1. The predicted molar refractivity (Wildman–Crippen MR) is 80.8 cm³/mol. The number of nitrogens with one attached hydrogen (secondary N) is 1. The van der Waals surface area contributed by atoms with Gasteiger partial charge in [-0.05, 0) is 31.2 Å². The van der Waals surface area contributed by atoms with Gasteiger partial charge in [0, 0.05) is 17.1 Å². The summed E-state index contributed by atoms with van der Waals surface area (Å²) in [6.45, 7) is 2.44. The summed E-state index contributed by atoms with van der Waals surface area (Å²) in [5.41, 5.74) is 1.79. The normalized spacial score (nSPS) is 10.3. The topological polar surface area (TPSA) is 74.7 Å². The average molecular weight is 296 g/mol. The Morgan fingerprint density at radius 2 is 2.14 bits per heavy atom. The lowest BCUT2D eigenvalue weighted by molar-refractivity contribution is 0.426. The van der Waals surface area contributed by atoms with E-state index in [1.165, 1.54) is 11.3 Å². The van der Waals surface area contributed by atoms with E-state index in [2.05, 4.69) is 21.5 Å². The first kappa shape index (κ1) is 13.3. The van der Waals surface area contributed by atoms with E-state index in [9.17, 15) is 0 Å². The van der Waals surface area contributed by atoms with Gasteiger partial charge < -0.3 is 9.84 Å². The number of benzene rings is 1. The number of hydrogen-bond donors (Lipinski definition) is 1. The predicted octanol–water partition coefficient (Wildman–Crippen LogP) is 3.59. The standard InChI is InChI=1S/C15H12N4OS/c1-10-18-15(20-19-10)13-4-2-3-5-14(13)17-9-12-7-6-11(8-16)21-12/h2-7,17H,9H2,1H3. The zero-order valence-electron chi connectivity index (χ0n) is 11.3. The van der Waals surface area contributed by atoms with Gasteiger partial charge in [-0.1, -0.05) is 17.3 Å². The summed E-state index contributed by atoms with van der Waals surface area (Å²) in [6.07, 6.45) is 0. The molecule has 0 aliphatic carbocycles. The van der Waals surface area contributed by atoms with Gasteiger partial charge in [-0.2, -0.15) is 10.2 Å². The molecular weight excluding hydrogens is 284 g/mol. The van der Waals surface area contributed by atoms with Gasteiger partial charge in [0.15, 0.2) is 5.82 Å². The van der Waals surface area contributed by atoms with E-state index < -0.39 is 0 Å². The third-order valence-corrected chi connectivity index (χ3v) is 3.90. The first-order valence-electron chi connectivity index (χ1n) is 6.38. The summed E-state index contributed by atoms with van der Waals surface area (Å²) in [4.78, 5) is 6.07. The molecule has 1 aromatic carbocycles. The zero-order valence-corrected chi connectivity index (χ0v) is 12.1. The molecule has 104 valence electrons. The van der Waals surface area contributed by atoms with Crippen LogP contribution >= 0.6 is 11.3 Å². The van der Waals surface area contributed by atoms with Crippen molar-refractivity contribution in [2.45, 2.75) is 13.5 Å². The molecule has 2 aromatic heterocycles. The number of para-hydroxylation sites is 1. The van der Waals surface area contributed by atoms with Crippen molar-refractivity contribution in [1.82, 2.24) is 10.1 Å². The molecule has 5 nitrogen and oxygen atoms in total. The average Bonchev–Trinajstić information content (AvgIpc) is 3.14. The van der Waals surface area contributed by atoms with Crippen LogP contribution in [0.25, 0.3) is 11.5 Å². The number of hydrogen-bond acceptors (Lipinski definition) is 6. The number of aromatic nitrogens is 2. The SMILES string of the molecule is Cc1noc(-c2ccccc2NCc2ccc(C#N)s2)n1. The van der Waals surface area contributed by atoms with Gasteiger partial charge >= 0.3 is 0 Å². The summed E-state index contributed by atoms with van der Waals surface area (Å²) in [6, 6.07) is 13.7. The fourth-order valence-electron chi connectivity index (χ4n) is 1.95. The fraction of sp³-hybridized carbons (Fsp3) is 0.133. The Bertz CT molecular complexity index is 800. The minimum absolute atomic E-state index is 0.500. The van der Waals surface area contributed by atoms with E-state index in [1.54, 1.807) is 6.92 Å². The quantitative estimate of drug-likeness (QED) is 0.796. The molecule has 0 amide bonds. The Kier molecular flexibility index (Phi) is 3.67. The molecule has 0 aliphatic heterocycles. The number of rotatable bonds is 4. The van der Waals surface area contributed by atoms with Gasteiger partial charge in [0.1, 0.15) is 10.9 Å². The largest absolute Gasteiger partial charge is 0.380 e. The van der Waals surface area contributed by atoms with Crippen LogP contribution in [0.1, 0.15) is 15.6 Å². The van der Waals surface area contributed by atoms with Crippen LogP contribution in [-0.2, 0) is 6.54 Å². The highest BCUT2D eigenvalue weighted by molar-refractivity contribution is 7.12. The minimum Gasteiger partial charge on any atom is -0.380 e. The van der Waals surface area contributed by atoms with Crippen molar-refractivity contribution in [3.05, 3.63) is 52.0 Å². The molecule has 0 saturated heterocycles. The second-order valence-corrected chi connectivity index (χ2v) is 5.59. The number of nitriles is 1. The second kappa shape index (κ2) is 5.77. The van der Waals surface area contributed by atoms with Crippen LogP contribution in [0.5, 0.6) is 0 Å². The Morgan fingerprint density at radius 1 is 1.29 bits per heavy atom. The fourth-order valence-corrected chi connectivity index (χ4v) is 2.69. The van der Waals surface area contributed by atoms with Gasteiger partial charge in [0.2, 0.25) is 0 Å². The lowest BCUT2D eigenvalue weighted by Gasteiger charge is -2.08. The van der Waals surface area contributed by atoms with Gasteiger partial charge in [-0.3, -0.25) is 0 Å². The molecule has 0 radical (unpaired) electrons. The van der Waals surface area contributed by atoms with Crippen LogP contribution in [0.15, 0.2) is 40.9 Å². The molecular formula is C15H12N4OS. The van der Waals surface area contributed by atoms with Crippen molar-refractivity contribution >= 4 is 17.0 Å². The highest BCUT2D eigenvalue weighted by atomic mass is 32.1. The minimum atomic E-state index is 0.500. The molecule has 6 heteroatoms. The van der Waals surface area contributed by atoms with Gasteiger partial charge in [0.25, 0.3) is 5.89 Å². The van der Waals surface area contributed by atoms with Gasteiger partial charge in [-0.25, -0.2) is 0 Å². The lowest BCUT2D eigenvalue weighted by atomic mass is 10.1. The van der Waals surface area contributed by atoms with E-state index in [1.807, 2.05) is 36.4 Å². The van der Waals surface area contributed by atoms with E-state index in [0.29, 0.717) is 23.1 Å². The molecule has 2 heterocycles. The third-order valence-electron chi connectivity index (χ3n) is 2.91. The van der Waals surface area contributed by atoms with Crippen LogP contribution in [0.3, 0.4) is 0 Å². The van der Waals surface area contributed by atoms with Crippen LogP contribution in [0.4, 0.5) is 5.69 Å². The first-order valence-corrected chi connectivity index (χ1v) is 7.20. The lowest BCUT2D eigenvalue weighted by Crippen LogP contribution is -1.99. The molecule has 0 saturated carbocycles. The Morgan fingerprint density at radius 3 is 2.86 bits per heavy atom. The van der Waals surface area contributed by atoms with Gasteiger partial charge in [-0.15, -0.1) is 11.3 Å². The van der Waals surface area contributed by atoms with E-state index in [0.717, 1.165) is 16.1 Å². The van der Waals surface area contributed by atoms with E-state index in [-0.39, 0.29) is 0 Å². The zero-order chi connectivity index (χ0) is 14.7. The summed E-state index contributed by atoms with van der Waals surface area (Å²) >= 11 is 1.48. The molecule has 0 aliphatic rings. The van der Waals surface area contributed by atoms with Crippen molar-refractivity contribution in [1.29, 1.82) is 5.26 Å². The van der Waals surface area contributed by atoms with Crippen molar-refractivity contribution in [3.8, 4) is 17.5 Å². The molecule has 3 rings (SSSR count). The van der Waals surface area contributed by atoms with E-state index >= 15 is 0 Å². The molecule has 0 bridgehead atoms. The number of aryl methyl sites for hydroxylation is 1.